The molecule has 6 rings (SSSR count). The van der Waals surface area contributed by atoms with Crippen LogP contribution in [0, 0.1) is 0 Å². The number of carbonyl (C=O) groups excluding carboxylic acids is 2. The van der Waals surface area contributed by atoms with Crippen molar-refractivity contribution >= 4 is 39.6 Å². The summed E-state index contributed by atoms with van der Waals surface area (Å²) in [7, 11) is 0. The van der Waals surface area contributed by atoms with Crippen molar-refractivity contribution in [3.63, 3.8) is 0 Å². The number of rotatable bonds is 8. The minimum Gasteiger partial charge on any atom is -0.379 e. The zero-order valence-corrected chi connectivity index (χ0v) is 24.5. The molecule has 212 valence electrons. The largest absolute Gasteiger partial charge is 0.379 e. The van der Waals surface area contributed by atoms with E-state index >= 15 is 0 Å². The number of carbonyl (C=O) groups is 2. The molecule has 41 heavy (non-hydrogen) atoms. The highest BCUT2D eigenvalue weighted by Gasteiger charge is 2.28. The monoisotopic (exact) mass is 588 g/mol. The number of aromatic nitrogens is 3. The number of hydrogen-bond donors (Lipinski definition) is 2. The molecule has 0 radical (unpaired) electrons. The van der Waals surface area contributed by atoms with Crippen LogP contribution in [0.1, 0.15) is 55.2 Å². The molecular weight excluding hydrogens is 557 g/mol. The van der Waals surface area contributed by atoms with E-state index in [1.54, 1.807) is 29.8 Å². The van der Waals surface area contributed by atoms with Gasteiger partial charge in [0.15, 0.2) is 5.13 Å². The molecule has 4 aromatic rings. The summed E-state index contributed by atoms with van der Waals surface area (Å²) in [5, 5.41) is 7.44. The zero-order valence-electron chi connectivity index (χ0n) is 22.9. The van der Waals surface area contributed by atoms with Gasteiger partial charge in [0.2, 0.25) is 0 Å². The van der Waals surface area contributed by atoms with E-state index in [0.29, 0.717) is 34.6 Å². The number of hydrogen-bond acceptors (Lipinski definition) is 9. The Morgan fingerprint density at radius 2 is 1.90 bits per heavy atom. The number of aryl methyl sites for hydroxylation is 2. The van der Waals surface area contributed by atoms with Gasteiger partial charge in [0.1, 0.15) is 9.88 Å². The first-order valence-electron chi connectivity index (χ1n) is 14.0. The van der Waals surface area contributed by atoms with E-state index in [2.05, 4.69) is 25.5 Å². The molecule has 3 aromatic heterocycles. The third kappa shape index (κ3) is 6.38. The molecule has 1 saturated heterocycles. The van der Waals surface area contributed by atoms with Crippen LogP contribution in [0.3, 0.4) is 0 Å². The molecule has 2 aliphatic rings. The van der Waals surface area contributed by atoms with Crippen molar-refractivity contribution in [3.8, 4) is 10.6 Å². The minimum atomic E-state index is -0.202. The SMILES string of the molecule is CCc1nc(-c2ccncc2)sc1C(=O)NCc1cccc(C(=O)Nc2nc3c(s2)CC(N2CCOCC2)CC3)c1. The number of morpholine rings is 1. The normalized spacial score (nSPS) is 17.1. The molecule has 1 atom stereocenters. The van der Waals surface area contributed by atoms with Crippen molar-refractivity contribution in [2.45, 2.75) is 45.2 Å². The lowest BCUT2D eigenvalue weighted by atomic mass is 9.96. The predicted molar refractivity (Wildman–Crippen MR) is 161 cm³/mol. The van der Waals surface area contributed by atoms with E-state index < -0.39 is 0 Å². The van der Waals surface area contributed by atoms with Crippen molar-refractivity contribution in [1.29, 1.82) is 0 Å². The second-order valence-electron chi connectivity index (χ2n) is 10.2. The van der Waals surface area contributed by atoms with Crippen LogP contribution in [0.2, 0.25) is 0 Å². The van der Waals surface area contributed by atoms with Crippen LogP contribution >= 0.6 is 22.7 Å². The van der Waals surface area contributed by atoms with Crippen LogP contribution in [-0.2, 0) is 30.5 Å². The number of pyridine rings is 1. The summed E-state index contributed by atoms with van der Waals surface area (Å²) in [6, 6.07) is 11.6. The standard InChI is InChI=1S/C30H32N6O3S2/c1-2-23-26(41-29(33-23)20-8-10-31-11-9-20)28(38)32-18-19-4-3-5-21(16-19)27(37)35-30-34-24-7-6-22(17-25(24)40-30)36-12-14-39-15-13-36/h3-5,8-11,16,22H,2,6-7,12-15,17-18H2,1H3,(H,32,38)(H,34,35,37). The van der Waals surface area contributed by atoms with Crippen molar-refractivity contribution in [1.82, 2.24) is 25.2 Å². The van der Waals surface area contributed by atoms with E-state index in [1.807, 2.05) is 37.3 Å². The van der Waals surface area contributed by atoms with E-state index in [4.69, 9.17) is 9.72 Å². The Morgan fingerprint density at radius 1 is 1.07 bits per heavy atom. The summed E-state index contributed by atoms with van der Waals surface area (Å²) in [5.74, 6) is -0.370. The van der Waals surface area contributed by atoms with Crippen molar-refractivity contribution in [2.75, 3.05) is 31.6 Å². The highest BCUT2D eigenvalue weighted by Crippen LogP contribution is 2.32. The summed E-state index contributed by atoms with van der Waals surface area (Å²) in [5.41, 5.74) is 4.19. The smallest absolute Gasteiger partial charge is 0.263 e. The maximum Gasteiger partial charge on any atom is 0.263 e. The highest BCUT2D eigenvalue weighted by molar-refractivity contribution is 7.17. The Kier molecular flexibility index (Phi) is 8.47. The van der Waals surface area contributed by atoms with Crippen LogP contribution in [0.15, 0.2) is 48.8 Å². The first-order chi connectivity index (χ1) is 20.1. The van der Waals surface area contributed by atoms with Gasteiger partial charge in [0, 0.05) is 54.1 Å². The minimum absolute atomic E-state index is 0.168. The zero-order chi connectivity index (χ0) is 28.2. The Bertz CT molecular complexity index is 1530. The lowest BCUT2D eigenvalue weighted by Gasteiger charge is -2.36. The maximum absolute atomic E-state index is 13.1. The Balaban J connectivity index is 1.07. The van der Waals surface area contributed by atoms with E-state index in [9.17, 15) is 9.59 Å². The van der Waals surface area contributed by atoms with Gasteiger partial charge in [-0.15, -0.1) is 22.7 Å². The molecule has 2 N–H and O–H groups in total. The summed E-state index contributed by atoms with van der Waals surface area (Å²) < 4.78 is 5.51. The summed E-state index contributed by atoms with van der Waals surface area (Å²) >= 11 is 2.96. The van der Waals surface area contributed by atoms with E-state index in [0.717, 1.165) is 73.1 Å². The van der Waals surface area contributed by atoms with Crippen LogP contribution in [-0.4, -0.2) is 64.0 Å². The second-order valence-corrected chi connectivity index (χ2v) is 12.2. The lowest BCUT2D eigenvalue weighted by molar-refractivity contribution is 0.0139. The number of nitrogens with zero attached hydrogens (tertiary/aromatic N) is 4. The van der Waals surface area contributed by atoms with Crippen molar-refractivity contribution in [3.05, 3.63) is 81.1 Å². The second kappa shape index (κ2) is 12.6. The van der Waals surface area contributed by atoms with Crippen molar-refractivity contribution < 1.29 is 14.3 Å². The lowest BCUT2D eigenvalue weighted by Crippen LogP contribution is -2.45. The molecule has 1 fully saturated rings. The molecular formula is C30H32N6O3S2. The number of benzene rings is 1. The molecule has 1 unspecified atom stereocenters. The van der Waals surface area contributed by atoms with Gasteiger partial charge in [-0.1, -0.05) is 19.1 Å². The molecule has 1 aromatic carbocycles. The fourth-order valence-electron chi connectivity index (χ4n) is 5.31. The first-order valence-corrected chi connectivity index (χ1v) is 15.6. The molecule has 4 heterocycles. The molecule has 0 spiro atoms. The highest BCUT2D eigenvalue weighted by atomic mass is 32.1. The first kappa shape index (κ1) is 27.6. The van der Waals surface area contributed by atoms with Gasteiger partial charge in [-0.2, -0.15) is 0 Å². The topological polar surface area (TPSA) is 109 Å². The van der Waals surface area contributed by atoms with Crippen molar-refractivity contribution in [2.24, 2.45) is 0 Å². The summed E-state index contributed by atoms with van der Waals surface area (Å²) in [4.78, 5) is 44.0. The number of thiazole rings is 2. The van der Waals surface area contributed by atoms with Gasteiger partial charge in [0.05, 0.1) is 24.6 Å². The van der Waals surface area contributed by atoms with Gasteiger partial charge >= 0.3 is 0 Å². The average molecular weight is 589 g/mol. The van der Waals surface area contributed by atoms with Gasteiger partial charge in [0.25, 0.3) is 11.8 Å². The van der Waals surface area contributed by atoms with Gasteiger partial charge < -0.3 is 10.1 Å². The third-order valence-electron chi connectivity index (χ3n) is 7.50. The fourth-order valence-corrected chi connectivity index (χ4v) is 7.46. The Morgan fingerprint density at radius 3 is 2.71 bits per heavy atom. The molecule has 1 aliphatic heterocycles. The molecule has 0 saturated carbocycles. The number of fused-ring (bicyclic) bond motifs is 1. The number of ether oxygens (including phenoxy) is 1. The van der Waals surface area contributed by atoms with E-state index in [1.165, 1.54) is 16.2 Å². The third-order valence-corrected chi connectivity index (χ3v) is 9.69. The van der Waals surface area contributed by atoms with Gasteiger partial charge in [-0.25, -0.2) is 9.97 Å². The van der Waals surface area contributed by atoms with Crippen LogP contribution in [0.4, 0.5) is 5.13 Å². The average Bonchev–Trinajstić information content (AvgIpc) is 3.64. The summed E-state index contributed by atoms with van der Waals surface area (Å²) in [6.07, 6.45) is 7.09. The van der Waals surface area contributed by atoms with Crippen LogP contribution in [0.25, 0.3) is 10.6 Å². The predicted octanol–water partition coefficient (Wildman–Crippen LogP) is 4.60. The van der Waals surface area contributed by atoms with Gasteiger partial charge in [-0.3, -0.25) is 24.8 Å². The molecule has 2 amide bonds. The quantitative estimate of drug-likeness (QED) is 0.310. The number of anilines is 1. The van der Waals surface area contributed by atoms with Crippen LogP contribution < -0.4 is 10.6 Å². The molecule has 9 nitrogen and oxygen atoms in total. The molecule has 11 heteroatoms. The fraction of sp³-hybridized carbons (Fsp3) is 0.367. The van der Waals surface area contributed by atoms with Crippen LogP contribution in [0.5, 0.6) is 0 Å². The van der Waals surface area contributed by atoms with Gasteiger partial charge in [-0.05, 0) is 55.5 Å². The Labute approximate surface area is 247 Å². The van der Waals surface area contributed by atoms with E-state index in [-0.39, 0.29) is 11.8 Å². The maximum atomic E-state index is 13.1. The summed E-state index contributed by atoms with van der Waals surface area (Å²) in [6.45, 7) is 5.86. The molecule has 0 bridgehead atoms. The number of amides is 2. The number of nitrogens with one attached hydrogen (secondary N) is 2. The Hall–Kier alpha value is -3.51. The molecule has 1 aliphatic carbocycles.